The molecule has 0 bridgehead atoms. The third-order valence-corrected chi connectivity index (χ3v) is 9.00. The van der Waals surface area contributed by atoms with Crippen LogP contribution in [-0.2, 0) is 19.6 Å². The number of para-hydroxylation sites is 1. The number of amides is 4. The second-order valence-electron chi connectivity index (χ2n) is 11.0. The van der Waals surface area contributed by atoms with Crippen molar-refractivity contribution >= 4 is 61.8 Å². The Bertz CT molecular complexity index is 2110. The van der Waals surface area contributed by atoms with Crippen molar-refractivity contribution in [2.24, 2.45) is 10.7 Å². The van der Waals surface area contributed by atoms with Crippen LogP contribution in [0, 0.1) is 10.1 Å². The molecule has 4 aromatic rings. The van der Waals surface area contributed by atoms with E-state index in [-0.39, 0.29) is 45.2 Å². The van der Waals surface area contributed by atoms with Gasteiger partial charge in [0, 0.05) is 29.6 Å². The molecule has 17 nitrogen and oxygen atoms in total. The van der Waals surface area contributed by atoms with Crippen molar-refractivity contribution in [3.63, 3.8) is 0 Å². The van der Waals surface area contributed by atoms with Gasteiger partial charge in [-0.2, -0.15) is 5.10 Å². The largest absolute Gasteiger partial charge is 0.368 e. The lowest BCUT2D eigenvalue weighted by Gasteiger charge is -2.19. The van der Waals surface area contributed by atoms with Gasteiger partial charge in [-0.15, -0.1) is 0 Å². The molecule has 1 aliphatic rings. The molecule has 0 aliphatic carbocycles. The van der Waals surface area contributed by atoms with Gasteiger partial charge in [0.05, 0.1) is 26.6 Å². The van der Waals surface area contributed by atoms with Crippen molar-refractivity contribution in [2.45, 2.75) is 43.2 Å². The number of primary amides is 1. The summed E-state index contributed by atoms with van der Waals surface area (Å²) in [4.78, 5) is 67.2. The molecule has 4 amide bonds. The summed E-state index contributed by atoms with van der Waals surface area (Å²) in [5.74, 6) is -3.14. The number of H-pyrrole nitrogens is 1. The fraction of sp³-hybridized carbons (Fsp3) is 0.226. The molecule has 1 aromatic heterocycles. The predicted octanol–water partition coefficient (Wildman–Crippen LogP) is 1.72. The number of hydrogen-bond acceptors (Lipinski definition) is 10. The number of hydrogen-bond donors (Lipinski definition) is 6. The van der Waals surface area contributed by atoms with Gasteiger partial charge in [0.1, 0.15) is 17.9 Å². The van der Waals surface area contributed by atoms with Crippen molar-refractivity contribution in [3.8, 4) is 0 Å². The Kier molecular flexibility index (Phi) is 9.97. The number of nitro benzene ring substituents is 1. The molecule has 0 spiro atoms. The van der Waals surface area contributed by atoms with Gasteiger partial charge in [0.25, 0.3) is 27.5 Å². The minimum absolute atomic E-state index is 0.0197. The van der Waals surface area contributed by atoms with Crippen LogP contribution in [0.15, 0.2) is 76.6 Å². The summed E-state index contributed by atoms with van der Waals surface area (Å²) in [5.41, 5.74) is 5.84. The van der Waals surface area contributed by atoms with E-state index in [1.54, 1.807) is 24.3 Å². The number of unbranched alkanes of at least 4 members (excludes halogenated alkanes) is 1. The summed E-state index contributed by atoms with van der Waals surface area (Å²) in [6, 6.07) is 13.6. The molecule has 49 heavy (non-hydrogen) atoms. The number of anilines is 1. The van der Waals surface area contributed by atoms with Crippen LogP contribution in [0.3, 0.4) is 0 Å². The third-order valence-electron chi connectivity index (χ3n) is 7.60. The lowest BCUT2D eigenvalue weighted by atomic mass is 10.1. The highest BCUT2D eigenvalue weighted by atomic mass is 32.2. The second-order valence-corrected chi connectivity index (χ2v) is 12.6. The molecule has 0 saturated heterocycles. The maximum atomic E-state index is 13.3. The number of nitrogens with one attached hydrogen (secondary N) is 5. The summed E-state index contributed by atoms with van der Waals surface area (Å²) in [5, 5.41) is 25.6. The molecule has 0 fully saturated rings. The van der Waals surface area contributed by atoms with E-state index in [0.717, 1.165) is 6.42 Å². The van der Waals surface area contributed by atoms with Crippen LogP contribution < -0.4 is 26.4 Å². The smallest absolute Gasteiger partial charge is 0.276 e. The highest BCUT2D eigenvalue weighted by Gasteiger charge is 2.32. The summed E-state index contributed by atoms with van der Waals surface area (Å²) < 4.78 is 27.4. The SMILES string of the molecule is CCCCC(N=C1NS(=O)(=O)c2ccccc21)C(=O)NCC(NC(=O)c1ccccc1NC(=O)c1n[nH]c2ccc([N+](=O)[O-])cc12)C(N)=O. The van der Waals surface area contributed by atoms with Crippen LogP contribution in [0.25, 0.3) is 10.9 Å². The number of nitro groups is 1. The van der Waals surface area contributed by atoms with Crippen molar-refractivity contribution in [3.05, 3.63) is 93.7 Å². The predicted molar refractivity (Wildman–Crippen MR) is 177 cm³/mol. The molecule has 1 aliphatic heterocycles. The Balaban J connectivity index is 1.29. The van der Waals surface area contributed by atoms with E-state index in [9.17, 15) is 37.7 Å². The molecule has 3 aromatic carbocycles. The van der Waals surface area contributed by atoms with Crippen molar-refractivity contribution in [2.75, 3.05) is 11.9 Å². The first-order valence-corrected chi connectivity index (χ1v) is 16.5. The zero-order chi connectivity index (χ0) is 35.3. The minimum Gasteiger partial charge on any atom is -0.368 e. The third kappa shape index (κ3) is 7.54. The Morgan fingerprint density at radius 3 is 2.51 bits per heavy atom. The van der Waals surface area contributed by atoms with E-state index in [2.05, 4.69) is 35.9 Å². The number of amidine groups is 1. The van der Waals surface area contributed by atoms with Crippen LogP contribution in [0.4, 0.5) is 11.4 Å². The van der Waals surface area contributed by atoms with Crippen LogP contribution in [-0.4, -0.2) is 71.6 Å². The molecule has 254 valence electrons. The summed E-state index contributed by atoms with van der Waals surface area (Å²) in [6.45, 7) is 1.50. The highest BCUT2D eigenvalue weighted by molar-refractivity contribution is 7.90. The molecule has 5 rings (SSSR count). The van der Waals surface area contributed by atoms with E-state index in [0.29, 0.717) is 17.5 Å². The fourth-order valence-electron chi connectivity index (χ4n) is 5.08. The minimum atomic E-state index is -3.84. The Morgan fingerprint density at radius 1 is 1.04 bits per heavy atom. The van der Waals surface area contributed by atoms with Crippen molar-refractivity contribution in [1.29, 1.82) is 0 Å². The Labute approximate surface area is 278 Å². The quantitative estimate of drug-likeness (QED) is 0.0880. The van der Waals surface area contributed by atoms with Crippen LogP contribution in [0.5, 0.6) is 0 Å². The lowest BCUT2D eigenvalue weighted by Crippen LogP contribution is -2.52. The molecule has 0 saturated carbocycles. The monoisotopic (exact) mass is 689 g/mol. The maximum Gasteiger partial charge on any atom is 0.276 e. The molecule has 18 heteroatoms. The summed E-state index contributed by atoms with van der Waals surface area (Å²) in [6.07, 6.45) is 1.59. The van der Waals surface area contributed by atoms with Crippen LogP contribution >= 0.6 is 0 Å². The standard InChI is InChI=1S/C31H31N9O8S/c1-2-3-10-23(34-28-19-9-5-7-12-25(19)49(47,48)39-28)30(43)33-16-24(27(32)41)36-29(42)18-8-4-6-11-21(18)35-31(44)26-20-15-17(40(45)46)13-14-22(20)37-38-26/h4-9,11-15,23-24H,2-3,10,16H2,1H3,(H2,32,41)(H,33,43)(H,34,39)(H,35,44)(H,36,42)(H,37,38). The molecule has 2 unspecified atom stereocenters. The first-order valence-electron chi connectivity index (χ1n) is 15.0. The first-order chi connectivity index (χ1) is 23.4. The van der Waals surface area contributed by atoms with E-state index < -0.39 is 57.2 Å². The van der Waals surface area contributed by atoms with Gasteiger partial charge in [-0.1, -0.05) is 44.0 Å². The van der Waals surface area contributed by atoms with Gasteiger partial charge in [-0.25, -0.2) is 8.42 Å². The molecule has 2 atom stereocenters. The molecular formula is C31H31N9O8S. The number of carbonyl (C=O) groups excluding carboxylic acids is 4. The number of nitrogens with zero attached hydrogens (tertiary/aromatic N) is 3. The molecule has 2 heterocycles. The Hall–Kier alpha value is -6.17. The van der Waals surface area contributed by atoms with Gasteiger partial charge < -0.3 is 21.7 Å². The van der Waals surface area contributed by atoms with Gasteiger partial charge in [-0.05, 0) is 36.8 Å². The number of carbonyl (C=O) groups is 4. The van der Waals surface area contributed by atoms with Crippen LogP contribution in [0.1, 0.15) is 52.6 Å². The van der Waals surface area contributed by atoms with Gasteiger partial charge in [-0.3, -0.25) is 44.1 Å². The topological polar surface area (TPSA) is 261 Å². The van der Waals surface area contributed by atoms with Crippen molar-refractivity contribution in [1.82, 2.24) is 25.6 Å². The zero-order valence-corrected chi connectivity index (χ0v) is 26.7. The number of non-ortho nitro benzene ring substituents is 1. The summed E-state index contributed by atoms with van der Waals surface area (Å²) >= 11 is 0. The fourth-order valence-corrected chi connectivity index (χ4v) is 6.32. The second kappa shape index (κ2) is 14.3. The number of aromatic nitrogens is 2. The first kappa shape index (κ1) is 34.2. The van der Waals surface area contributed by atoms with Gasteiger partial charge in [0.2, 0.25) is 11.8 Å². The van der Waals surface area contributed by atoms with Gasteiger partial charge >= 0.3 is 0 Å². The van der Waals surface area contributed by atoms with E-state index in [1.165, 1.54) is 42.5 Å². The Morgan fingerprint density at radius 2 is 1.78 bits per heavy atom. The van der Waals surface area contributed by atoms with Crippen molar-refractivity contribution < 1.29 is 32.5 Å². The maximum absolute atomic E-state index is 13.3. The molecular weight excluding hydrogens is 658 g/mol. The number of aromatic amines is 1. The van der Waals surface area contributed by atoms with E-state index >= 15 is 0 Å². The lowest BCUT2D eigenvalue weighted by molar-refractivity contribution is -0.384. The number of benzene rings is 3. The van der Waals surface area contributed by atoms with Crippen LogP contribution in [0.2, 0.25) is 0 Å². The van der Waals surface area contributed by atoms with E-state index in [1.807, 2.05) is 6.92 Å². The highest BCUT2D eigenvalue weighted by Crippen LogP contribution is 2.25. The average molecular weight is 690 g/mol. The number of rotatable bonds is 13. The molecule has 7 N–H and O–H groups in total. The van der Waals surface area contributed by atoms with E-state index in [4.69, 9.17) is 5.73 Å². The summed E-state index contributed by atoms with van der Waals surface area (Å²) in [7, 11) is -3.84. The normalized spacial score (nSPS) is 15.1. The molecule has 0 radical (unpaired) electrons. The number of aliphatic imine (C=N–C) groups is 1. The average Bonchev–Trinajstić information content (AvgIpc) is 3.62. The van der Waals surface area contributed by atoms with Gasteiger partial charge in [0.15, 0.2) is 5.69 Å². The number of sulfonamides is 1. The number of fused-ring (bicyclic) bond motifs is 2. The zero-order valence-electron chi connectivity index (χ0n) is 25.9. The number of nitrogens with two attached hydrogens (primary N) is 1.